The van der Waals surface area contributed by atoms with Gasteiger partial charge in [-0.2, -0.15) is 0 Å². The summed E-state index contributed by atoms with van der Waals surface area (Å²) < 4.78 is 7.53. The summed E-state index contributed by atoms with van der Waals surface area (Å²) in [5, 5.41) is 11.1. The number of imidazole rings is 1. The predicted octanol–water partition coefficient (Wildman–Crippen LogP) is 3.11. The third-order valence-electron chi connectivity index (χ3n) is 3.99. The second-order valence-electron chi connectivity index (χ2n) is 5.96. The van der Waals surface area contributed by atoms with E-state index in [0.717, 1.165) is 24.4 Å². The summed E-state index contributed by atoms with van der Waals surface area (Å²) in [4.78, 5) is 15.9. The summed E-state index contributed by atoms with van der Waals surface area (Å²) in [5.74, 6) is 2.82. The van der Waals surface area contributed by atoms with Crippen LogP contribution in [0.25, 0.3) is 5.82 Å². The molecule has 1 aliphatic carbocycles. The standard InChI is InChI=1S/C18H17N5O2/c1-12-19-10-11-23(12)16-8-9-17(22-21-16)25-15-6-4-14(5-7-15)20-18(24)13-2-3-13/h4-11,13H,2-3H2,1H3,(H,20,24). The highest BCUT2D eigenvalue weighted by Gasteiger charge is 2.29. The number of benzene rings is 1. The minimum absolute atomic E-state index is 0.0879. The van der Waals surface area contributed by atoms with Gasteiger partial charge in [0.05, 0.1) is 0 Å². The summed E-state index contributed by atoms with van der Waals surface area (Å²) in [6.07, 6.45) is 5.51. The fraction of sp³-hybridized carbons (Fsp3) is 0.222. The molecule has 1 aromatic carbocycles. The Kier molecular flexibility index (Phi) is 3.89. The van der Waals surface area contributed by atoms with E-state index in [1.54, 1.807) is 24.4 Å². The van der Waals surface area contributed by atoms with E-state index in [1.165, 1.54) is 0 Å². The first-order valence-electron chi connectivity index (χ1n) is 8.12. The van der Waals surface area contributed by atoms with Crippen LogP contribution in [0.15, 0.2) is 48.8 Å². The zero-order valence-corrected chi connectivity index (χ0v) is 13.7. The van der Waals surface area contributed by atoms with Gasteiger partial charge in [0.25, 0.3) is 0 Å². The molecule has 0 unspecified atom stereocenters. The Morgan fingerprint density at radius 1 is 1.16 bits per heavy atom. The molecule has 2 heterocycles. The van der Waals surface area contributed by atoms with Gasteiger partial charge in [0, 0.05) is 30.1 Å². The SMILES string of the molecule is Cc1nccn1-c1ccc(Oc2ccc(NC(=O)C3CC3)cc2)nn1. The average Bonchev–Trinajstić information content (AvgIpc) is 3.39. The molecule has 0 bridgehead atoms. The molecule has 1 aliphatic rings. The van der Waals surface area contributed by atoms with Crippen LogP contribution < -0.4 is 10.1 Å². The van der Waals surface area contributed by atoms with Gasteiger partial charge in [-0.3, -0.25) is 9.36 Å². The van der Waals surface area contributed by atoms with E-state index in [1.807, 2.05) is 35.9 Å². The third-order valence-corrected chi connectivity index (χ3v) is 3.99. The minimum Gasteiger partial charge on any atom is -0.438 e. The number of hydrogen-bond acceptors (Lipinski definition) is 5. The number of amides is 1. The fourth-order valence-electron chi connectivity index (χ4n) is 2.43. The average molecular weight is 335 g/mol. The molecule has 0 atom stereocenters. The maximum Gasteiger partial charge on any atom is 0.238 e. The Morgan fingerprint density at radius 3 is 2.56 bits per heavy atom. The number of nitrogens with one attached hydrogen (secondary N) is 1. The first-order chi connectivity index (χ1) is 12.2. The molecule has 3 aromatic rings. The third kappa shape index (κ3) is 3.50. The lowest BCUT2D eigenvalue weighted by atomic mass is 10.3. The van der Waals surface area contributed by atoms with E-state index in [-0.39, 0.29) is 11.8 Å². The van der Waals surface area contributed by atoms with Crippen molar-refractivity contribution in [1.29, 1.82) is 0 Å². The second-order valence-corrected chi connectivity index (χ2v) is 5.96. The summed E-state index contributed by atoms with van der Waals surface area (Å²) in [6, 6.07) is 10.8. The number of rotatable bonds is 5. The van der Waals surface area contributed by atoms with Crippen molar-refractivity contribution < 1.29 is 9.53 Å². The normalized spacial score (nSPS) is 13.5. The van der Waals surface area contributed by atoms with Crippen molar-refractivity contribution in [3.63, 3.8) is 0 Å². The van der Waals surface area contributed by atoms with Crippen LogP contribution in [0.3, 0.4) is 0 Å². The monoisotopic (exact) mass is 335 g/mol. The van der Waals surface area contributed by atoms with Gasteiger partial charge < -0.3 is 10.1 Å². The molecule has 0 saturated heterocycles. The van der Waals surface area contributed by atoms with Crippen molar-refractivity contribution >= 4 is 11.6 Å². The maximum atomic E-state index is 11.7. The Hall–Kier alpha value is -3.22. The lowest BCUT2D eigenvalue weighted by molar-refractivity contribution is -0.117. The second kappa shape index (κ2) is 6.35. The molecule has 0 spiro atoms. The number of ether oxygens (including phenoxy) is 1. The van der Waals surface area contributed by atoms with Crippen molar-refractivity contribution in [2.24, 2.45) is 5.92 Å². The van der Waals surface area contributed by atoms with E-state index in [0.29, 0.717) is 17.4 Å². The number of nitrogens with zero attached hydrogens (tertiary/aromatic N) is 4. The molecular formula is C18H17N5O2. The number of anilines is 1. The highest BCUT2D eigenvalue weighted by molar-refractivity contribution is 5.94. The van der Waals surface area contributed by atoms with Crippen LogP contribution in [-0.4, -0.2) is 25.7 Å². The summed E-state index contributed by atoms with van der Waals surface area (Å²) in [5.41, 5.74) is 0.765. The number of hydrogen-bond donors (Lipinski definition) is 1. The number of aryl methyl sites for hydroxylation is 1. The minimum atomic E-state index is 0.0879. The molecule has 1 fully saturated rings. The Bertz CT molecular complexity index is 883. The molecule has 4 rings (SSSR count). The smallest absolute Gasteiger partial charge is 0.238 e. The maximum absolute atomic E-state index is 11.7. The number of aromatic nitrogens is 4. The highest BCUT2D eigenvalue weighted by Crippen LogP contribution is 2.30. The first-order valence-corrected chi connectivity index (χ1v) is 8.12. The van der Waals surface area contributed by atoms with Crippen LogP contribution in [0.5, 0.6) is 11.6 Å². The lowest BCUT2D eigenvalue weighted by Gasteiger charge is -2.08. The van der Waals surface area contributed by atoms with Gasteiger partial charge >= 0.3 is 0 Å². The van der Waals surface area contributed by atoms with Crippen molar-refractivity contribution in [3.8, 4) is 17.4 Å². The molecule has 1 amide bonds. The van der Waals surface area contributed by atoms with Crippen molar-refractivity contribution in [1.82, 2.24) is 19.7 Å². The van der Waals surface area contributed by atoms with Crippen LogP contribution >= 0.6 is 0 Å². The molecule has 25 heavy (non-hydrogen) atoms. The van der Waals surface area contributed by atoms with E-state index < -0.39 is 0 Å². The number of carbonyl (C=O) groups excluding carboxylic acids is 1. The van der Waals surface area contributed by atoms with Gasteiger partial charge in [-0.25, -0.2) is 4.98 Å². The Morgan fingerprint density at radius 2 is 1.96 bits per heavy atom. The zero-order valence-electron chi connectivity index (χ0n) is 13.7. The van der Waals surface area contributed by atoms with Gasteiger partial charge in [-0.15, -0.1) is 10.2 Å². The van der Waals surface area contributed by atoms with Crippen molar-refractivity contribution in [2.75, 3.05) is 5.32 Å². The molecule has 7 nitrogen and oxygen atoms in total. The van der Waals surface area contributed by atoms with Crippen LogP contribution in [0.2, 0.25) is 0 Å². The van der Waals surface area contributed by atoms with Crippen LogP contribution in [0.4, 0.5) is 5.69 Å². The van der Waals surface area contributed by atoms with Crippen molar-refractivity contribution in [3.05, 3.63) is 54.6 Å². The van der Waals surface area contributed by atoms with Crippen LogP contribution in [-0.2, 0) is 4.79 Å². The largest absolute Gasteiger partial charge is 0.438 e. The van der Waals surface area contributed by atoms with Gasteiger partial charge in [0.2, 0.25) is 11.8 Å². The van der Waals surface area contributed by atoms with Crippen LogP contribution in [0, 0.1) is 12.8 Å². The van der Waals surface area contributed by atoms with E-state index in [9.17, 15) is 4.79 Å². The zero-order chi connectivity index (χ0) is 17.2. The highest BCUT2D eigenvalue weighted by atomic mass is 16.5. The summed E-state index contributed by atoms with van der Waals surface area (Å²) in [7, 11) is 0. The molecule has 7 heteroatoms. The van der Waals surface area contributed by atoms with Gasteiger partial charge in [0.15, 0.2) is 5.82 Å². The summed E-state index contributed by atoms with van der Waals surface area (Å²) in [6.45, 7) is 1.90. The first kappa shape index (κ1) is 15.3. The molecule has 0 aliphatic heterocycles. The lowest BCUT2D eigenvalue weighted by Crippen LogP contribution is -2.12. The van der Waals surface area contributed by atoms with E-state index in [4.69, 9.17) is 4.74 Å². The van der Waals surface area contributed by atoms with Crippen molar-refractivity contribution in [2.45, 2.75) is 19.8 Å². The van der Waals surface area contributed by atoms with Gasteiger partial charge in [-0.05, 0) is 50.1 Å². The molecule has 1 N–H and O–H groups in total. The number of carbonyl (C=O) groups is 1. The fourth-order valence-corrected chi connectivity index (χ4v) is 2.43. The topological polar surface area (TPSA) is 81.9 Å². The van der Waals surface area contributed by atoms with E-state index >= 15 is 0 Å². The van der Waals surface area contributed by atoms with Gasteiger partial charge in [0.1, 0.15) is 11.6 Å². The molecule has 2 aromatic heterocycles. The molecule has 1 saturated carbocycles. The van der Waals surface area contributed by atoms with Crippen LogP contribution in [0.1, 0.15) is 18.7 Å². The van der Waals surface area contributed by atoms with Gasteiger partial charge in [-0.1, -0.05) is 0 Å². The Labute approximate surface area is 144 Å². The predicted molar refractivity (Wildman–Crippen MR) is 91.8 cm³/mol. The summed E-state index contributed by atoms with van der Waals surface area (Å²) >= 11 is 0. The molecular weight excluding hydrogens is 318 g/mol. The molecule has 126 valence electrons. The van der Waals surface area contributed by atoms with E-state index in [2.05, 4.69) is 20.5 Å². The quantitative estimate of drug-likeness (QED) is 0.775. The molecule has 0 radical (unpaired) electrons. The Balaban J connectivity index is 1.41.